The predicted molar refractivity (Wildman–Crippen MR) is 86.0 cm³/mol. The summed E-state index contributed by atoms with van der Waals surface area (Å²) in [6.07, 6.45) is 0.694. The van der Waals surface area contributed by atoms with Gasteiger partial charge in [-0.05, 0) is 19.1 Å². The van der Waals surface area contributed by atoms with Crippen LogP contribution in [0.1, 0.15) is 16.8 Å². The predicted octanol–water partition coefficient (Wildman–Crippen LogP) is 4.41. The average Bonchev–Trinajstić information content (AvgIpc) is 2.79. The molecule has 2 N–H and O–H groups in total. The first-order chi connectivity index (χ1) is 11.6. The van der Waals surface area contributed by atoms with E-state index in [4.69, 9.17) is 40.1 Å². The maximum absolute atomic E-state index is 12.8. The molecule has 0 saturated carbocycles. The van der Waals surface area contributed by atoms with E-state index in [9.17, 15) is 18.0 Å². The molecule has 0 fully saturated rings. The van der Waals surface area contributed by atoms with Gasteiger partial charge in [0.25, 0.3) is 0 Å². The number of alkyl halides is 3. The van der Waals surface area contributed by atoms with Crippen LogP contribution in [0.4, 0.5) is 18.0 Å². The van der Waals surface area contributed by atoms with Crippen molar-refractivity contribution < 1.29 is 22.7 Å². The first kappa shape index (κ1) is 19.0. The average molecular weight is 392 g/mol. The summed E-state index contributed by atoms with van der Waals surface area (Å²) in [5, 5.41) is 3.11. The second-order valence-electron chi connectivity index (χ2n) is 4.87. The molecular weight excluding hydrogens is 382 g/mol. The molecule has 0 unspecified atom stereocenters. The van der Waals surface area contributed by atoms with Crippen LogP contribution in [-0.4, -0.2) is 15.8 Å². The normalized spacial score (nSPS) is 11.2. The molecule has 0 bridgehead atoms. The number of aromatic nitrogens is 2. The molecule has 1 amide bonds. The Morgan fingerprint density at radius 3 is 2.40 bits per heavy atom. The van der Waals surface area contributed by atoms with E-state index in [-0.39, 0.29) is 28.1 Å². The van der Waals surface area contributed by atoms with E-state index in [2.05, 4.69) is 11.0 Å². The van der Waals surface area contributed by atoms with E-state index < -0.39 is 17.8 Å². The molecule has 25 heavy (non-hydrogen) atoms. The number of terminal acetylenes is 1. The topological polar surface area (TPSA) is 70.1 Å². The Kier molecular flexibility index (Phi) is 5.20. The number of rotatable bonds is 3. The molecule has 1 aromatic carbocycles. The van der Waals surface area contributed by atoms with Crippen LogP contribution >= 0.6 is 23.2 Å². The number of nitrogens with two attached hydrogens (primary N) is 1. The summed E-state index contributed by atoms with van der Waals surface area (Å²) in [5.74, 6) is 1.99. The van der Waals surface area contributed by atoms with Crippen molar-refractivity contribution in [3.05, 3.63) is 39.0 Å². The minimum atomic E-state index is -4.62. The van der Waals surface area contributed by atoms with Gasteiger partial charge in [-0.2, -0.15) is 17.9 Å². The summed E-state index contributed by atoms with van der Waals surface area (Å²) in [7, 11) is 0. The van der Waals surface area contributed by atoms with Gasteiger partial charge in [-0.15, -0.1) is 17.4 Å². The maximum atomic E-state index is 12.8. The lowest BCUT2D eigenvalue weighted by molar-refractivity contribution is -0.137. The molecule has 2 aromatic rings. The molecular formula is C15H10Cl2F3N3O2. The first-order valence-electron chi connectivity index (χ1n) is 6.62. The minimum absolute atomic E-state index is 0.0460. The largest absolute Gasteiger partial charge is 0.434 e. The summed E-state index contributed by atoms with van der Waals surface area (Å²) >= 11 is 11.7. The highest BCUT2D eigenvalue weighted by Gasteiger charge is 2.32. The van der Waals surface area contributed by atoms with E-state index in [1.807, 2.05) is 0 Å². The lowest BCUT2D eigenvalue weighted by Crippen LogP contribution is -2.22. The fourth-order valence-corrected chi connectivity index (χ4v) is 2.59. The molecule has 2 rings (SSSR count). The molecule has 0 spiro atoms. The van der Waals surface area contributed by atoms with Gasteiger partial charge in [0.2, 0.25) is 5.88 Å². The molecule has 0 atom stereocenters. The third-order valence-corrected chi connectivity index (χ3v) is 3.78. The van der Waals surface area contributed by atoms with Crippen molar-refractivity contribution in [2.24, 2.45) is 5.73 Å². The van der Waals surface area contributed by atoms with Gasteiger partial charge in [-0.3, -0.25) is 0 Å². The van der Waals surface area contributed by atoms with E-state index >= 15 is 0 Å². The maximum Gasteiger partial charge on any atom is 0.416 e. The van der Waals surface area contributed by atoms with Crippen LogP contribution in [0, 0.1) is 19.3 Å². The summed E-state index contributed by atoms with van der Waals surface area (Å²) in [6.45, 7) is 1.53. The zero-order valence-corrected chi connectivity index (χ0v) is 14.1. The van der Waals surface area contributed by atoms with Crippen molar-refractivity contribution >= 4 is 29.2 Å². The number of halogens is 5. The second-order valence-corrected chi connectivity index (χ2v) is 5.68. The van der Waals surface area contributed by atoms with Gasteiger partial charge in [-0.1, -0.05) is 23.2 Å². The van der Waals surface area contributed by atoms with Crippen LogP contribution in [0.2, 0.25) is 10.0 Å². The number of ether oxygens (including phenoxy) is 1. The van der Waals surface area contributed by atoms with E-state index in [0.29, 0.717) is 23.4 Å². The van der Waals surface area contributed by atoms with Crippen molar-refractivity contribution in [1.29, 1.82) is 0 Å². The summed E-state index contributed by atoms with van der Waals surface area (Å²) in [4.78, 5) is 11.4. The zero-order valence-electron chi connectivity index (χ0n) is 12.6. The van der Waals surface area contributed by atoms with Crippen molar-refractivity contribution in [1.82, 2.24) is 9.78 Å². The van der Waals surface area contributed by atoms with Crippen LogP contribution in [0.15, 0.2) is 12.1 Å². The third-order valence-electron chi connectivity index (χ3n) is 3.22. The number of hydrogen-bond donors (Lipinski definition) is 1. The number of benzene rings is 1. The molecule has 5 nitrogen and oxygen atoms in total. The lowest BCUT2D eigenvalue weighted by Gasteiger charge is -2.12. The van der Waals surface area contributed by atoms with Crippen molar-refractivity contribution in [2.45, 2.75) is 19.5 Å². The number of nitrogens with zero attached hydrogens (tertiary/aromatic N) is 2. The van der Waals surface area contributed by atoms with Gasteiger partial charge < -0.3 is 10.5 Å². The fourth-order valence-electron chi connectivity index (χ4n) is 2.03. The van der Waals surface area contributed by atoms with Gasteiger partial charge in [0, 0.05) is 12.0 Å². The molecule has 0 aliphatic rings. The number of primary amides is 1. The molecule has 0 radical (unpaired) electrons. The Morgan fingerprint density at radius 2 is 1.96 bits per heavy atom. The molecule has 132 valence electrons. The highest BCUT2D eigenvalue weighted by molar-refractivity contribution is 6.37. The molecule has 1 aromatic heterocycles. The molecule has 0 aliphatic heterocycles. The van der Waals surface area contributed by atoms with Crippen LogP contribution in [-0.2, 0) is 12.6 Å². The fraction of sp³-hybridized carbons (Fsp3) is 0.200. The molecule has 0 aliphatic carbocycles. The smallest absolute Gasteiger partial charge is 0.416 e. The third kappa shape index (κ3) is 3.83. The Bertz CT molecular complexity index is 862. The standard InChI is InChI=1S/C15H10Cl2F3N3O2/c1-3-4-9-7(2)23(14(21)24)22-13(9)25-12-10(16)5-8(6-11(12)17)15(18,19)20/h1,5-6H,4H2,2H3,(H2,21,24). The Balaban J connectivity index is 2.52. The van der Waals surface area contributed by atoms with Gasteiger partial charge in [-0.25, -0.2) is 4.79 Å². The number of carbonyl (C=O) groups excluding carboxylic acids is 1. The zero-order chi connectivity index (χ0) is 18.9. The highest BCUT2D eigenvalue weighted by atomic mass is 35.5. The Hall–Kier alpha value is -2.37. The highest BCUT2D eigenvalue weighted by Crippen LogP contribution is 2.42. The van der Waals surface area contributed by atoms with Crippen LogP contribution in [0.5, 0.6) is 11.6 Å². The van der Waals surface area contributed by atoms with Gasteiger partial charge >= 0.3 is 12.2 Å². The second kappa shape index (κ2) is 6.86. The molecule has 1 heterocycles. The van der Waals surface area contributed by atoms with Crippen molar-refractivity contribution in [3.8, 4) is 24.0 Å². The van der Waals surface area contributed by atoms with Gasteiger partial charge in [0.15, 0.2) is 5.75 Å². The van der Waals surface area contributed by atoms with E-state index in [1.165, 1.54) is 6.92 Å². The SMILES string of the molecule is C#CCc1c(Oc2c(Cl)cc(C(F)(F)F)cc2Cl)nn(C(N)=O)c1C. The Morgan fingerprint density at radius 1 is 1.40 bits per heavy atom. The van der Waals surface area contributed by atoms with Crippen LogP contribution in [0.3, 0.4) is 0 Å². The first-order valence-corrected chi connectivity index (χ1v) is 7.37. The van der Waals surface area contributed by atoms with E-state index in [1.54, 1.807) is 0 Å². The number of carbonyl (C=O) groups is 1. The number of hydrogen-bond acceptors (Lipinski definition) is 3. The van der Waals surface area contributed by atoms with Gasteiger partial charge in [0.1, 0.15) is 0 Å². The molecule has 0 saturated heterocycles. The number of amides is 1. The van der Waals surface area contributed by atoms with Crippen molar-refractivity contribution in [2.75, 3.05) is 0 Å². The summed E-state index contributed by atoms with van der Waals surface area (Å²) in [5.41, 5.74) is 4.85. The van der Waals surface area contributed by atoms with E-state index in [0.717, 1.165) is 4.68 Å². The van der Waals surface area contributed by atoms with Crippen LogP contribution in [0.25, 0.3) is 0 Å². The monoisotopic (exact) mass is 391 g/mol. The summed E-state index contributed by atoms with van der Waals surface area (Å²) < 4.78 is 44.6. The van der Waals surface area contributed by atoms with Crippen LogP contribution < -0.4 is 10.5 Å². The quantitative estimate of drug-likeness (QED) is 0.787. The summed E-state index contributed by atoms with van der Waals surface area (Å²) in [6, 6.07) is 0.457. The molecule has 10 heteroatoms. The lowest BCUT2D eigenvalue weighted by atomic mass is 10.2. The van der Waals surface area contributed by atoms with Gasteiger partial charge in [0.05, 0.1) is 21.3 Å². The minimum Gasteiger partial charge on any atom is -0.434 e. The Labute approximate surface area is 150 Å². The van der Waals surface area contributed by atoms with Crippen molar-refractivity contribution in [3.63, 3.8) is 0 Å².